The van der Waals surface area contributed by atoms with Gasteiger partial charge in [-0.2, -0.15) is 0 Å². The smallest absolute Gasteiger partial charge is 0.550 e. The van der Waals surface area contributed by atoms with E-state index in [1.165, 1.54) is 0 Å². The van der Waals surface area contributed by atoms with Crippen LogP contribution in [0.15, 0.2) is 0 Å². The largest absolute Gasteiger partial charge is 2.00 e. The van der Waals surface area contributed by atoms with Gasteiger partial charge in [-0.05, 0) is 31.6 Å². The Labute approximate surface area is 122 Å². The van der Waals surface area contributed by atoms with Gasteiger partial charge in [0.15, 0.2) is 0 Å². The first-order valence-corrected chi connectivity index (χ1v) is 4.48. The maximum atomic E-state index is 10.9. The van der Waals surface area contributed by atoms with E-state index in [1.54, 1.807) is 0 Å². The molecule has 2 aliphatic carbocycles. The Morgan fingerprint density at radius 1 is 1.29 bits per heavy atom. The fourth-order valence-electron chi connectivity index (χ4n) is 2.91. The summed E-state index contributed by atoms with van der Waals surface area (Å²) in [5.41, 5.74) is -1.11. The molecule has 2 rings (SSSR count). The molecule has 0 N–H and O–H groups in total. The predicted octanol–water partition coefficient (Wildman–Crippen LogP) is -2.09. The summed E-state index contributed by atoms with van der Waals surface area (Å²) in [6, 6.07) is 0. The van der Waals surface area contributed by atoms with Gasteiger partial charge in [-0.25, -0.2) is 0 Å². The minimum Gasteiger partial charge on any atom is -0.550 e. The summed E-state index contributed by atoms with van der Waals surface area (Å²) in [6.45, 7) is 0. The number of aliphatic carboxylic acids is 2. The molecule has 5 heteroatoms. The van der Waals surface area contributed by atoms with Gasteiger partial charge in [-0.3, -0.25) is 0 Å². The molecule has 4 nitrogen and oxygen atoms in total. The summed E-state index contributed by atoms with van der Waals surface area (Å²) in [4.78, 5) is 21.6. The number of rotatable bonds is 2. The van der Waals surface area contributed by atoms with E-state index in [2.05, 4.69) is 0 Å². The third kappa shape index (κ3) is 1.67. The number of carbonyl (C=O) groups excluding carboxylic acids is 2. The molecule has 0 radical (unpaired) electrons. The summed E-state index contributed by atoms with van der Waals surface area (Å²) in [6.07, 6.45) is 2.18. The first kappa shape index (κ1) is 12.6. The van der Waals surface area contributed by atoms with Crippen LogP contribution >= 0.6 is 0 Å². The predicted molar refractivity (Wildman–Crippen MR) is 43.6 cm³/mol. The molecule has 3 atom stereocenters. The molecule has 3 unspecified atom stereocenters. The molecule has 2 bridgehead atoms. The van der Waals surface area contributed by atoms with Gasteiger partial charge in [-0.1, -0.05) is 0 Å². The van der Waals surface area contributed by atoms with E-state index in [-0.39, 0.29) is 54.8 Å². The zero-order chi connectivity index (χ0) is 9.64. The Hall–Kier alpha value is 0.511. The van der Waals surface area contributed by atoms with Gasteiger partial charge < -0.3 is 19.8 Å². The normalized spacial score (nSPS) is 39.1. The molecular weight excluding hydrogens is 309 g/mol. The minimum atomic E-state index is -1.23. The molecule has 0 spiro atoms. The second-order valence-corrected chi connectivity index (χ2v) is 4.16. The number of hydrogen-bond acceptors (Lipinski definition) is 4. The summed E-state index contributed by atoms with van der Waals surface area (Å²) < 4.78 is 0. The second kappa shape index (κ2) is 4.17. The Kier molecular flexibility index (Phi) is 3.75. The van der Waals surface area contributed by atoms with Crippen molar-refractivity contribution in [3.63, 3.8) is 0 Å². The van der Waals surface area contributed by atoms with E-state index in [0.717, 1.165) is 6.42 Å². The number of fused-ring (bicyclic) bond motifs is 2. The summed E-state index contributed by atoms with van der Waals surface area (Å²) in [5.74, 6) is -3.01. The first-order valence-electron chi connectivity index (χ1n) is 4.48. The molecule has 0 aromatic carbocycles. The van der Waals surface area contributed by atoms with Crippen molar-refractivity contribution in [1.29, 1.82) is 0 Å². The molecule has 0 aromatic rings. The van der Waals surface area contributed by atoms with Crippen LogP contribution in [0.5, 0.6) is 0 Å². The van der Waals surface area contributed by atoms with Gasteiger partial charge in [0.1, 0.15) is 0 Å². The van der Waals surface area contributed by atoms with Crippen molar-refractivity contribution in [3.8, 4) is 0 Å². The van der Waals surface area contributed by atoms with Crippen LogP contribution in [0.1, 0.15) is 25.7 Å². The molecule has 2 aliphatic rings. The molecular formula is C9H10BaO4. The van der Waals surface area contributed by atoms with E-state index in [0.29, 0.717) is 19.3 Å². The van der Waals surface area contributed by atoms with Crippen molar-refractivity contribution in [2.75, 3.05) is 0 Å². The van der Waals surface area contributed by atoms with Gasteiger partial charge in [0.25, 0.3) is 0 Å². The number of hydrogen-bond donors (Lipinski definition) is 0. The molecule has 2 fully saturated rings. The van der Waals surface area contributed by atoms with E-state index in [1.807, 2.05) is 0 Å². The summed E-state index contributed by atoms with van der Waals surface area (Å²) in [5, 5.41) is 21.6. The van der Waals surface area contributed by atoms with Gasteiger partial charge >= 0.3 is 48.9 Å². The third-order valence-electron chi connectivity index (χ3n) is 3.58. The SMILES string of the molecule is O=C([O-])C1CC2CCC1(C(=O)[O-])C2.[Ba+2]. The van der Waals surface area contributed by atoms with Crippen LogP contribution in [0.3, 0.4) is 0 Å². The first-order chi connectivity index (χ1) is 6.06. The Balaban J connectivity index is 0.000000980. The fourth-order valence-corrected chi connectivity index (χ4v) is 2.91. The van der Waals surface area contributed by atoms with Crippen molar-refractivity contribution >= 4 is 60.8 Å². The summed E-state index contributed by atoms with van der Waals surface area (Å²) in [7, 11) is 0. The molecule has 0 saturated heterocycles. The van der Waals surface area contributed by atoms with Crippen LogP contribution in [0, 0.1) is 17.3 Å². The molecule has 72 valence electrons. The molecule has 2 saturated carbocycles. The zero-order valence-corrected chi connectivity index (χ0v) is 12.3. The monoisotopic (exact) mass is 320 g/mol. The number of carboxylic acids is 2. The van der Waals surface area contributed by atoms with Crippen molar-refractivity contribution < 1.29 is 19.8 Å². The van der Waals surface area contributed by atoms with Crippen molar-refractivity contribution in [3.05, 3.63) is 0 Å². The van der Waals surface area contributed by atoms with Gasteiger partial charge in [0.2, 0.25) is 0 Å². The Bertz CT molecular complexity index is 278. The van der Waals surface area contributed by atoms with Crippen LogP contribution in [0.25, 0.3) is 0 Å². The molecule has 0 heterocycles. The maximum absolute atomic E-state index is 10.9. The molecule has 0 aliphatic heterocycles. The van der Waals surface area contributed by atoms with E-state index < -0.39 is 23.3 Å². The van der Waals surface area contributed by atoms with Gasteiger partial charge in [-0.15, -0.1) is 0 Å². The van der Waals surface area contributed by atoms with Crippen molar-refractivity contribution in [2.24, 2.45) is 17.3 Å². The maximum Gasteiger partial charge on any atom is 2.00 e. The quantitative estimate of drug-likeness (QED) is 0.547. The van der Waals surface area contributed by atoms with Crippen LogP contribution in [0.4, 0.5) is 0 Å². The topological polar surface area (TPSA) is 80.3 Å². The van der Waals surface area contributed by atoms with Crippen LogP contribution in [-0.4, -0.2) is 60.8 Å². The second-order valence-electron chi connectivity index (χ2n) is 4.16. The van der Waals surface area contributed by atoms with Crippen LogP contribution in [-0.2, 0) is 9.59 Å². The van der Waals surface area contributed by atoms with Gasteiger partial charge in [0, 0.05) is 23.3 Å². The third-order valence-corrected chi connectivity index (χ3v) is 3.58. The summed E-state index contributed by atoms with van der Waals surface area (Å²) >= 11 is 0. The molecule has 14 heavy (non-hydrogen) atoms. The number of carboxylic acid groups (broad SMARTS) is 2. The van der Waals surface area contributed by atoms with E-state index in [4.69, 9.17) is 0 Å². The molecule has 0 aromatic heterocycles. The van der Waals surface area contributed by atoms with Crippen LogP contribution in [0.2, 0.25) is 0 Å². The van der Waals surface area contributed by atoms with E-state index >= 15 is 0 Å². The average Bonchev–Trinajstić information content (AvgIpc) is 2.60. The Morgan fingerprint density at radius 3 is 2.29 bits per heavy atom. The van der Waals surface area contributed by atoms with Crippen molar-refractivity contribution in [2.45, 2.75) is 25.7 Å². The van der Waals surface area contributed by atoms with E-state index in [9.17, 15) is 19.8 Å². The average molecular weight is 320 g/mol. The fraction of sp³-hybridized carbons (Fsp3) is 0.778. The molecule has 0 amide bonds. The zero-order valence-electron chi connectivity index (χ0n) is 7.82. The van der Waals surface area contributed by atoms with Gasteiger partial charge in [0.05, 0.1) is 0 Å². The standard InChI is InChI=1S/C9H12O4.Ba/c10-7(11)6-3-5-1-2-9(6,4-5)8(12)13;/h5-6H,1-4H2,(H,10,11)(H,12,13);/q;+2/p-2. The Morgan fingerprint density at radius 2 is 1.93 bits per heavy atom. The minimum absolute atomic E-state index is 0. The van der Waals surface area contributed by atoms with Crippen molar-refractivity contribution in [1.82, 2.24) is 0 Å². The van der Waals surface area contributed by atoms with Crippen LogP contribution < -0.4 is 10.2 Å². The number of carbonyl (C=O) groups is 2.